The smallest absolute Gasteiger partial charge is 0.245 e. The van der Waals surface area contributed by atoms with E-state index in [1.165, 1.54) is 0 Å². The molecular weight excluding hydrogens is 198 g/mol. The molecule has 0 aromatic rings. The summed E-state index contributed by atoms with van der Waals surface area (Å²) in [6.45, 7) is 3.11. The molecule has 12 heavy (non-hydrogen) atoms. The topological polar surface area (TPSA) is 63.2 Å². The van der Waals surface area contributed by atoms with E-state index in [-0.39, 0.29) is 0 Å². The van der Waals surface area contributed by atoms with Crippen molar-refractivity contribution in [2.24, 2.45) is 0 Å². The van der Waals surface area contributed by atoms with Gasteiger partial charge in [0.1, 0.15) is 5.75 Å². The molecule has 0 radical (unpaired) electrons. The van der Waals surface area contributed by atoms with Gasteiger partial charge >= 0.3 is 0 Å². The van der Waals surface area contributed by atoms with Crippen LogP contribution in [0.5, 0.6) is 0 Å². The van der Waals surface area contributed by atoms with Crippen LogP contribution in [-0.4, -0.2) is 31.6 Å². The molecule has 0 rings (SSSR count). The summed E-state index contributed by atoms with van der Waals surface area (Å²) >= 11 is 1.10. The Labute approximate surface area is 77.2 Å². The monoisotopic (exact) mass is 211 g/mol. The first-order valence-electron chi connectivity index (χ1n) is 3.43. The molecule has 0 fully saturated rings. The number of hydrogen-bond acceptors (Lipinski definition) is 4. The van der Waals surface area contributed by atoms with E-state index in [0.717, 1.165) is 11.9 Å². The van der Waals surface area contributed by atoms with Crippen LogP contribution in [0.1, 0.15) is 13.8 Å². The highest BCUT2D eigenvalue weighted by Gasteiger charge is 2.19. The van der Waals surface area contributed by atoms with E-state index >= 15 is 0 Å². The lowest BCUT2D eigenvalue weighted by molar-refractivity contribution is -0.116. The van der Waals surface area contributed by atoms with Gasteiger partial charge in [-0.15, -0.1) is 0 Å². The Morgan fingerprint density at radius 3 is 2.33 bits per heavy atom. The quantitative estimate of drug-likeness (QED) is 0.675. The molecule has 1 N–H and O–H groups in total. The average Bonchev–Trinajstić information content (AvgIpc) is 1.85. The van der Waals surface area contributed by atoms with Gasteiger partial charge in [-0.25, -0.2) is 8.42 Å². The molecule has 0 unspecified atom stereocenters. The number of rotatable bonds is 4. The van der Waals surface area contributed by atoms with E-state index in [2.05, 4.69) is 4.72 Å². The SMILES string of the molecule is CSNC(=O)CS(=O)(=O)C(C)C. The summed E-state index contributed by atoms with van der Waals surface area (Å²) in [5, 5.41) is -0.495. The van der Waals surface area contributed by atoms with Crippen LogP contribution in [0.3, 0.4) is 0 Å². The van der Waals surface area contributed by atoms with Crippen molar-refractivity contribution in [2.75, 3.05) is 12.0 Å². The minimum Gasteiger partial charge on any atom is -0.299 e. The van der Waals surface area contributed by atoms with Crippen LogP contribution in [0.25, 0.3) is 0 Å². The highest BCUT2D eigenvalue weighted by atomic mass is 32.2. The number of hydrogen-bond donors (Lipinski definition) is 1. The second kappa shape index (κ2) is 4.71. The molecule has 0 spiro atoms. The second-order valence-electron chi connectivity index (χ2n) is 2.59. The van der Waals surface area contributed by atoms with Crippen LogP contribution in [0.4, 0.5) is 0 Å². The Hall–Kier alpha value is -0.230. The third-order valence-corrected chi connectivity index (χ3v) is 3.80. The van der Waals surface area contributed by atoms with Gasteiger partial charge in [0.15, 0.2) is 9.84 Å². The highest BCUT2D eigenvalue weighted by molar-refractivity contribution is 7.97. The Morgan fingerprint density at radius 2 is 2.00 bits per heavy atom. The molecule has 0 aromatic heterocycles. The first-order chi connectivity index (χ1) is 5.40. The van der Waals surface area contributed by atoms with E-state index in [0.29, 0.717) is 0 Å². The van der Waals surface area contributed by atoms with Crippen LogP contribution in [0, 0.1) is 0 Å². The van der Waals surface area contributed by atoms with Gasteiger partial charge in [0.25, 0.3) is 0 Å². The predicted octanol–water partition coefficient (Wildman–Crippen LogP) is 0.204. The standard InChI is InChI=1S/C6H13NO3S2/c1-5(2)12(9,10)4-6(8)7-11-3/h5H,4H2,1-3H3,(H,7,8). The molecule has 1 amide bonds. The van der Waals surface area contributed by atoms with E-state index in [9.17, 15) is 13.2 Å². The zero-order chi connectivity index (χ0) is 9.78. The molecule has 0 aliphatic carbocycles. The zero-order valence-corrected chi connectivity index (χ0v) is 8.96. The normalized spacial score (nSPS) is 11.7. The minimum absolute atomic E-state index is 0.425. The molecule has 0 aliphatic heterocycles. The average molecular weight is 211 g/mol. The maximum absolute atomic E-state index is 11.1. The summed E-state index contributed by atoms with van der Waals surface area (Å²) in [7, 11) is -3.24. The molecule has 0 saturated carbocycles. The van der Waals surface area contributed by atoms with Gasteiger partial charge in [0.05, 0.1) is 5.25 Å². The van der Waals surface area contributed by atoms with Crippen molar-refractivity contribution < 1.29 is 13.2 Å². The lowest BCUT2D eigenvalue weighted by atomic mass is 10.6. The Bertz CT molecular complexity index is 246. The third-order valence-electron chi connectivity index (χ3n) is 1.27. The molecule has 0 aliphatic rings. The zero-order valence-electron chi connectivity index (χ0n) is 7.33. The minimum atomic E-state index is -3.24. The third kappa shape index (κ3) is 3.96. The molecule has 0 bridgehead atoms. The number of sulfone groups is 1. The fourth-order valence-corrected chi connectivity index (χ4v) is 1.65. The van der Waals surface area contributed by atoms with Crippen LogP contribution < -0.4 is 4.72 Å². The van der Waals surface area contributed by atoms with E-state index < -0.39 is 26.7 Å². The number of carbonyl (C=O) groups is 1. The van der Waals surface area contributed by atoms with Gasteiger partial charge in [0.2, 0.25) is 5.91 Å². The summed E-state index contributed by atoms with van der Waals surface area (Å²) in [4.78, 5) is 10.9. The lowest BCUT2D eigenvalue weighted by Gasteiger charge is -2.06. The van der Waals surface area contributed by atoms with Crippen LogP contribution >= 0.6 is 11.9 Å². The van der Waals surface area contributed by atoms with Crippen molar-refractivity contribution in [3.63, 3.8) is 0 Å². The van der Waals surface area contributed by atoms with Crippen molar-refractivity contribution in [2.45, 2.75) is 19.1 Å². The van der Waals surface area contributed by atoms with E-state index in [1.54, 1.807) is 20.1 Å². The highest BCUT2D eigenvalue weighted by Crippen LogP contribution is 2.00. The summed E-state index contributed by atoms with van der Waals surface area (Å²) < 4.78 is 24.6. The van der Waals surface area contributed by atoms with Crippen LogP contribution in [0.2, 0.25) is 0 Å². The summed E-state index contributed by atoms with van der Waals surface area (Å²) in [6.07, 6.45) is 1.67. The van der Waals surface area contributed by atoms with Gasteiger partial charge in [-0.2, -0.15) is 0 Å². The molecule has 72 valence electrons. The Kier molecular flexibility index (Phi) is 4.62. The second-order valence-corrected chi connectivity index (χ2v) is 5.75. The van der Waals surface area contributed by atoms with Crippen molar-refractivity contribution in [3.8, 4) is 0 Å². The van der Waals surface area contributed by atoms with Crippen LogP contribution in [-0.2, 0) is 14.6 Å². The maximum atomic E-state index is 11.1. The van der Waals surface area contributed by atoms with Gasteiger partial charge in [-0.3, -0.25) is 9.52 Å². The van der Waals surface area contributed by atoms with Crippen molar-refractivity contribution in [3.05, 3.63) is 0 Å². The lowest BCUT2D eigenvalue weighted by Crippen LogP contribution is -2.29. The molecule has 0 atom stereocenters. The molecule has 0 saturated heterocycles. The summed E-state index contributed by atoms with van der Waals surface area (Å²) in [5.41, 5.74) is 0. The predicted molar refractivity (Wildman–Crippen MR) is 50.6 cm³/mol. The Morgan fingerprint density at radius 1 is 1.50 bits per heavy atom. The van der Waals surface area contributed by atoms with E-state index in [4.69, 9.17) is 0 Å². The molecule has 0 aromatic carbocycles. The fourth-order valence-electron chi connectivity index (χ4n) is 0.493. The van der Waals surface area contributed by atoms with E-state index in [1.807, 2.05) is 0 Å². The Balaban J connectivity index is 4.17. The maximum Gasteiger partial charge on any atom is 0.245 e. The van der Waals surface area contributed by atoms with Gasteiger partial charge in [-0.05, 0) is 13.8 Å². The van der Waals surface area contributed by atoms with Crippen LogP contribution in [0.15, 0.2) is 0 Å². The number of carbonyl (C=O) groups excluding carboxylic acids is 1. The number of nitrogens with one attached hydrogen (secondary N) is 1. The first-order valence-corrected chi connectivity index (χ1v) is 6.37. The molecule has 4 nitrogen and oxygen atoms in total. The largest absolute Gasteiger partial charge is 0.299 e. The van der Waals surface area contributed by atoms with Crippen molar-refractivity contribution >= 4 is 27.7 Å². The molecule has 6 heteroatoms. The summed E-state index contributed by atoms with van der Waals surface area (Å²) in [5.74, 6) is -0.887. The number of amides is 1. The van der Waals surface area contributed by atoms with Gasteiger partial charge in [0, 0.05) is 6.26 Å². The summed E-state index contributed by atoms with van der Waals surface area (Å²) in [6, 6.07) is 0. The van der Waals surface area contributed by atoms with Gasteiger partial charge in [-0.1, -0.05) is 11.9 Å². The van der Waals surface area contributed by atoms with Gasteiger partial charge < -0.3 is 0 Å². The fraction of sp³-hybridized carbons (Fsp3) is 0.833. The van der Waals surface area contributed by atoms with Crippen molar-refractivity contribution in [1.29, 1.82) is 0 Å². The molecular formula is C6H13NO3S2. The van der Waals surface area contributed by atoms with Crippen molar-refractivity contribution in [1.82, 2.24) is 4.72 Å². The molecule has 0 heterocycles. The first kappa shape index (κ1) is 11.8.